The molecule has 118 valence electrons. The van der Waals surface area contributed by atoms with Crippen molar-refractivity contribution in [1.82, 2.24) is 4.98 Å². The van der Waals surface area contributed by atoms with E-state index in [9.17, 15) is 4.79 Å². The molecule has 3 aromatic heterocycles. The van der Waals surface area contributed by atoms with Crippen molar-refractivity contribution in [3.05, 3.63) is 77.1 Å². The molecule has 5 heteroatoms. The molecule has 0 aliphatic heterocycles. The van der Waals surface area contributed by atoms with Crippen LogP contribution >= 0.6 is 0 Å². The molecule has 1 aromatic carbocycles. The Morgan fingerprint density at radius 3 is 2.62 bits per heavy atom. The van der Waals surface area contributed by atoms with Crippen LogP contribution in [0.25, 0.3) is 22.1 Å². The Morgan fingerprint density at radius 1 is 1.04 bits per heavy atom. The predicted molar refractivity (Wildman–Crippen MR) is 92.4 cm³/mol. The van der Waals surface area contributed by atoms with Crippen LogP contribution in [0, 0.1) is 6.92 Å². The fourth-order valence-electron chi connectivity index (χ4n) is 2.69. The summed E-state index contributed by atoms with van der Waals surface area (Å²) in [5.41, 5.74) is 2.36. The Balaban J connectivity index is 1.99. The van der Waals surface area contributed by atoms with Crippen LogP contribution in [0.15, 0.2) is 74.6 Å². The van der Waals surface area contributed by atoms with Gasteiger partial charge in [0.1, 0.15) is 16.7 Å². The molecule has 0 aliphatic carbocycles. The van der Waals surface area contributed by atoms with E-state index in [0.29, 0.717) is 28.2 Å². The first kappa shape index (κ1) is 14.3. The van der Waals surface area contributed by atoms with Crippen LogP contribution in [-0.2, 0) is 0 Å². The summed E-state index contributed by atoms with van der Waals surface area (Å²) in [7, 11) is 0. The SMILES string of the molecule is Cc1cc2oc(Nc3ccccc3)c(-c3cccnc3)c2c(=O)o1. The third-order valence-electron chi connectivity index (χ3n) is 3.71. The van der Waals surface area contributed by atoms with E-state index in [2.05, 4.69) is 10.3 Å². The topological polar surface area (TPSA) is 68.3 Å². The van der Waals surface area contributed by atoms with Crippen LogP contribution in [0.5, 0.6) is 0 Å². The number of benzene rings is 1. The Hall–Kier alpha value is -3.34. The molecule has 0 unspecified atom stereocenters. The molecule has 4 rings (SSSR count). The molecule has 0 saturated heterocycles. The molecule has 5 nitrogen and oxygen atoms in total. The van der Waals surface area contributed by atoms with Gasteiger partial charge in [0.2, 0.25) is 5.88 Å². The van der Waals surface area contributed by atoms with Gasteiger partial charge in [-0.05, 0) is 25.1 Å². The first-order valence-corrected chi connectivity index (χ1v) is 7.52. The molecule has 24 heavy (non-hydrogen) atoms. The number of pyridine rings is 1. The monoisotopic (exact) mass is 318 g/mol. The Bertz CT molecular complexity index is 1050. The van der Waals surface area contributed by atoms with Gasteiger partial charge in [-0.2, -0.15) is 0 Å². The number of nitrogens with zero attached hydrogens (tertiary/aromatic N) is 1. The highest BCUT2D eigenvalue weighted by Crippen LogP contribution is 2.38. The van der Waals surface area contributed by atoms with Crippen molar-refractivity contribution in [2.24, 2.45) is 0 Å². The smallest absolute Gasteiger partial charge is 0.347 e. The lowest BCUT2D eigenvalue weighted by Crippen LogP contribution is -2.00. The summed E-state index contributed by atoms with van der Waals surface area (Å²) in [5, 5.41) is 3.64. The second-order valence-corrected chi connectivity index (χ2v) is 5.42. The van der Waals surface area contributed by atoms with Gasteiger partial charge >= 0.3 is 5.63 Å². The fraction of sp³-hybridized carbons (Fsp3) is 0.0526. The Kier molecular flexibility index (Phi) is 3.39. The quantitative estimate of drug-likeness (QED) is 0.602. The van der Waals surface area contributed by atoms with Crippen LogP contribution in [0.3, 0.4) is 0 Å². The number of hydrogen-bond donors (Lipinski definition) is 1. The van der Waals surface area contributed by atoms with Crippen molar-refractivity contribution in [3.8, 4) is 11.1 Å². The number of rotatable bonds is 3. The summed E-state index contributed by atoms with van der Waals surface area (Å²) in [6.45, 7) is 1.72. The number of para-hydroxylation sites is 1. The van der Waals surface area contributed by atoms with Gasteiger partial charge in [0.25, 0.3) is 0 Å². The lowest BCUT2D eigenvalue weighted by Gasteiger charge is -2.05. The van der Waals surface area contributed by atoms with E-state index in [-0.39, 0.29) is 0 Å². The van der Waals surface area contributed by atoms with Gasteiger partial charge in [-0.25, -0.2) is 4.79 Å². The average Bonchev–Trinajstić information content (AvgIpc) is 2.94. The third-order valence-corrected chi connectivity index (χ3v) is 3.71. The lowest BCUT2D eigenvalue weighted by molar-refractivity contribution is 0.485. The standard InChI is InChI=1S/C19H14N2O3/c1-12-10-15-17(19(22)23-12)16(13-6-5-9-20-11-13)18(24-15)21-14-7-3-2-4-8-14/h2-11,21H,1H3. The molecule has 1 N–H and O–H groups in total. The maximum absolute atomic E-state index is 12.4. The van der Waals surface area contributed by atoms with Crippen LogP contribution in [0.2, 0.25) is 0 Å². The molecule has 0 bridgehead atoms. The number of fused-ring (bicyclic) bond motifs is 1. The molecular formula is C19H14N2O3. The highest BCUT2D eigenvalue weighted by molar-refractivity contribution is 6.00. The van der Waals surface area contributed by atoms with Crippen molar-refractivity contribution in [3.63, 3.8) is 0 Å². The van der Waals surface area contributed by atoms with Crippen molar-refractivity contribution < 1.29 is 8.83 Å². The normalized spacial score (nSPS) is 10.9. The largest absolute Gasteiger partial charge is 0.439 e. The van der Waals surface area contributed by atoms with Crippen LogP contribution in [0.1, 0.15) is 5.76 Å². The van der Waals surface area contributed by atoms with Crippen molar-refractivity contribution >= 4 is 22.5 Å². The van der Waals surface area contributed by atoms with E-state index in [1.165, 1.54) is 0 Å². The molecule has 0 fully saturated rings. The van der Waals surface area contributed by atoms with E-state index < -0.39 is 5.63 Å². The summed E-state index contributed by atoms with van der Waals surface area (Å²) in [5.74, 6) is 0.993. The van der Waals surface area contributed by atoms with Gasteiger partial charge in [0.15, 0.2) is 0 Å². The van der Waals surface area contributed by atoms with Crippen molar-refractivity contribution in [2.45, 2.75) is 6.92 Å². The fourth-order valence-corrected chi connectivity index (χ4v) is 2.69. The van der Waals surface area contributed by atoms with Gasteiger partial charge in [0, 0.05) is 29.7 Å². The Morgan fingerprint density at radius 2 is 1.88 bits per heavy atom. The zero-order valence-corrected chi connectivity index (χ0v) is 12.9. The van der Waals surface area contributed by atoms with Gasteiger partial charge in [-0.3, -0.25) is 4.98 Å². The lowest BCUT2D eigenvalue weighted by atomic mass is 10.1. The summed E-state index contributed by atoms with van der Waals surface area (Å²) in [6.07, 6.45) is 3.38. The minimum absolute atomic E-state index is 0.409. The summed E-state index contributed by atoms with van der Waals surface area (Å²) in [6, 6.07) is 15.0. The average molecular weight is 318 g/mol. The van der Waals surface area contributed by atoms with Crippen LogP contribution in [0.4, 0.5) is 11.6 Å². The zero-order valence-electron chi connectivity index (χ0n) is 12.9. The molecule has 0 spiro atoms. The number of hydrogen-bond acceptors (Lipinski definition) is 5. The van der Waals surface area contributed by atoms with E-state index in [4.69, 9.17) is 8.83 Å². The molecule has 0 aliphatic rings. The van der Waals surface area contributed by atoms with Gasteiger partial charge in [0.05, 0.1) is 5.56 Å². The summed E-state index contributed by atoms with van der Waals surface area (Å²) in [4.78, 5) is 16.5. The number of aryl methyl sites for hydroxylation is 1. The molecule has 4 aromatic rings. The van der Waals surface area contributed by atoms with Crippen LogP contribution in [-0.4, -0.2) is 4.98 Å². The minimum Gasteiger partial charge on any atom is -0.439 e. The summed E-state index contributed by atoms with van der Waals surface area (Å²) < 4.78 is 11.2. The highest BCUT2D eigenvalue weighted by Gasteiger charge is 2.20. The van der Waals surface area contributed by atoms with Gasteiger partial charge in [-0.1, -0.05) is 24.3 Å². The number of furan rings is 1. The first-order chi connectivity index (χ1) is 11.7. The van der Waals surface area contributed by atoms with Crippen molar-refractivity contribution in [2.75, 3.05) is 5.32 Å². The van der Waals surface area contributed by atoms with E-state index in [1.807, 2.05) is 42.5 Å². The highest BCUT2D eigenvalue weighted by atomic mass is 16.4. The number of aromatic nitrogens is 1. The Labute approximate surface area is 137 Å². The minimum atomic E-state index is -0.422. The van der Waals surface area contributed by atoms with Crippen molar-refractivity contribution in [1.29, 1.82) is 0 Å². The van der Waals surface area contributed by atoms with Gasteiger partial charge < -0.3 is 14.2 Å². The molecule has 0 radical (unpaired) electrons. The molecule has 0 atom stereocenters. The number of nitrogens with one attached hydrogen (secondary N) is 1. The predicted octanol–water partition coefficient (Wildman–Crippen LogP) is 4.50. The molecule has 3 heterocycles. The van der Waals surface area contributed by atoms with Crippen LogP contribution < -0.4 is 10.9 Å². The molecule has 0 amide bonds. The molecular weight excluding hydrogens is 304 g/mol. The summed E-state index contributed by atoms with van der Waals surface area (Å²) >= 11 is 0. The third kappa shape index (κ3) is 2.46. The van der Waals surface area contributed by atoms with E-state index >= 15 is 0 Å². The second kappa shape index (κ2) is 5.70. The van der Waals surface area contributed by atoms with Gasteiger partial charge in [-0.15, -0.1) is 0 Å². The van der Waals surface area contributed by atoms with E-state index in [0.717, 1.165) is 11.3 Å². The maximum Gasteiger partial charge on any atom is 0.347 e. The zero-order chi connectivity index (χ0) is 16.5. The number of anilines is 2. The first-order valence-electron chi connectivity index (χ1n) is 7.52. The van der Waals surface area contributed by atoms with E-state index in [1.54, 1.807) is 25.4 Å². The second-order valence-electron chi connectivity index (χ2n) is 5.42. The maximum atomic E-state index is 12.4. The molecule has 0 saturated carbocycles.